The summed E-state index contributed by atoms with van der Waals surface area (Å²) >= 11 is 0. The van der Waals surface area contributed by atoms with Gasteiger partial charge in [0.25, 0.3) is 0 Å². The predicted octanol–water partition coefficient (Wildman–Crippen LogP) is 1.67. The molecule has 0 aliphatic rings. The number of rotatable bonds is 6. The molecule has 0 aromatic rings. The van der Waals surface area contributed by atoms with E-state index in [1.807, 2.05) is 0 Å². The van der Waals surface area contributed by atoms with E-state index < -0.39 is 5.60 Å². The molecule has 2 nitrogen and oxygen atoms in total. The molecule has 2 heteroatoms. The van der Waals surface area contributed by atoms with Crippen LogP contribution in [0.4, 0.5) is 0 Å². The Balaban J connectivity index is 3.79. The van der Waals surface area contributed by atoms with E-state index in [4.69, 9.17) is 5.73 Å². The van der Waals surface area contributed by atoms with Crippen molar-refractivity contribution in [3.63, 3.8) is 0 Å². The first-order valence-electron chi connectivity index (χ1n) is 4.61. The minimum Gasteiger partial charge on any atom is -0.390 e. The van der Waals surface area contributed by atoms with E-state index >= 15 is 0 Å². The van der Waals surface area contributed by atoms with E-state index in [0.29, 0.717) is 6.54 Å². The molecule has 0 heterocycles. The van der Waals surface area contributed by atoms with Gasteiger partial charge in [0.05, 0.1) is 5.60 Å². The van der Waals surface area contributed by atoms with Crippen molar-refractivity contribution in [3.8, 4) is 0 Å². The molecule has 0 amide bonds. The van der Waals surface area contributed by atoms with E-state index in [0.717, 1.165) is 32.1 Å². The average molecular weight is 159 g/mol. The highest BCUT2D eigenvalue weighted by atomic mass is 16.3. The molecule has 0 fully saturated rings. The van der Waals surface area contributed by atoms with E-state index in [2.05, 4.69) is 13.8 Å². The minimum atomic E-state index is -0.474. The Morgan fingerprint density at radius 1 is 1.09 bits per heavy atom. The van der Waals surface area contributed by atoms with Gasteiger partial charge in [-0.05, 0) is 25.8 Å². The Hall–Kier alpha value is -0.0800. The largest absolute Gasteiger partial charge is 0.390 e. The zero-order valence-electron chi connectivity index (χ0n) is 7.77. The van der Waals surface area contributed by atoms with E-state index in [1.165, 1.54) is 0 Å². The third-order valence-corrected chi connectivity index (χ3v) is 2.04. The lowest BCUT2D eigenvalue weighted by Gasteiger charge is -2.26. The van der Waals surface area contributed by atoms with Crippen LogP contribution in [0.1, 0.15) is 46.0 Å². The maximum Gasteiger partial charge on any atom is 0.0659 e. The van der Waals surface area contributed by atoms with E-state index in [1.54, 1.807) is 0 Å². The van der Waals surface area contributed by atoms with Gasteiger partial charge in [-0.3, -0.25) is 0 Å². The Labute approximate surface area is 69.8 Å². The molecule has 0 aromatic carbocycles. The molecule has 11 heavy (non-hydrogen) atoms. The Morgan fingerprint density at radius 2 is 1.55 bits per heavy atom. The number of nitrogens with two attached hydrogens (primary N) is 1. The van der Waals surface area contributed by atoms with Crippen molar-refractivity contribution in [2.24, 2.45) is 5.73 Å². The normalized spacial score (nSPS) is 12.0. The summed E-state index contributed by atoms with van der Waals surface area (Å²) in [5.41, 5.74) is 4.94. The second-order valence-corrected chi connectivity index (χ2v) is 3.26. The van der Waals surface area contributed by atoms with Crippen LogP contribution in [0.25, 0.3) is 0 Å². The molecule has 0 rings (SSSR count). The van der Waals surface area contributed by atoms with Crippen LogP contribution in [0.5, 0.6) is 0 Å². The Kier molecular flexibility index (Phi) is 5.51. The van der Waals surface area contributed by atoms with Gasteiger partial charge in [-0.2, -0.15) is 0 Å². The van der Waals surface area contributed by atoms with Crippen molar-refractivity contribution in [2.45, 2.75) is 51.6 Å². The molecule has 0 aliphatic carbocycles. The van der Waals surface area contributed by atoms with Gasteiger partial charge in [0.15, 0.2) is 0 Å². The summed E-state index contributed by atoms with van der Waals surface area (Å²) in [6.45, 7) is 4.78. The SMILES string of the molecule is CCCC(O)(CCC)CCN. The number of aliphatic hydroxyl groups is 1. The van der Waals surface area contributed by atoms with Crippen LogP contribution in [-0.4, -0.2) is 17.3 Å². The van der Waals surface area contributed by atoms with Crippen LogP contribution < -0.4 is 5.73 Å². The zero-order chi connectivity index (χ0) is 8.74. The van der Waals surface area contributed by atoms with Crippen molar-refractivity contribution in [1.29, 1.82) is 0 Å². The number of hydrogen-bond donors (Lipinski definition) is 2. The summed E-state index contributed by atoms with van der Waals surface area (Å²) in [5.74, 6) is 0. The van der Waals surface area contributed by atoms with E-state index in [-0.39, 0.29) is 0 Å². The average Bonchev–Trinajstić information content (AvgIpc) is 1.88. The molecular weight excluding hydrogens is 138 g/mol. The molecule has 0 aromatic heterocycles. The summed E-state index contributed by atoms with van der Waals surface area (Å²) < 4.78 is 0. The van der Waals surface area contributed by atoms with Crippen LogP contribution in [0.3, 0.4) is 0 Å². The minimum absolute atomic E-state index is 0.474. The van der Waals surface area contributed by atoms with Crippen molar-refractivity contribution >= 4 is 0 Å². The van der Waals surface area contributed by atoms with Crippen LogP contribution >= 0.6 is 0 Å². The van der Waals surface area contributed by atoms with Gasteiger partial charge < -0.3 is 10.8 Å². The predicted molar refractivity (Wildman–Crippen MR) is 48.4 cm³/mol. The maximum absolute atomic E-state index is 9.93. The molecule has 0 saturated heterocycles. The lowest BCUT2D eigenvalue weighted by atomic mass is 9.89. The highest BCUT2D eigenvalue weighted by Crippen LogP contribution is 2.22. The summed E-state index contributed by atoms with van der Waals surface area (Å²) in [7, 11) is 0. The lowest BCUT2D eigenvalue weighted by molar-refractivity contribution is 0.0153. The summed E-state index contributed by atoms with van der Waals surface area (Å²) in [4.78, 5) is 0. The van der Waals surface area contributed by atoms with Gasteiger partial charge in [-0.25, -0.2) is 0 Å². The summed E-state index contributed by atoms with van der Waals surface area (Å²) in [5, 5.41) is 9.93. The highest BCUT2D eigenvalue weighted by molar-refractivity contribution is 4.77. The molecule has 68 valence electrons. The topological polar surface area (TPSA) is 46.2 Å². The smallest absolute Gasteiger partial charge is 0.0659 e. The third kappa shape index (κ3) is 4.38. The van der Waals surface area contributed by atoms with Gasteiger partial charge in [0.2, 0.25) is 0 Å². The lowest BCUT2D eigenvalue weighted by Crippen LogP contribution is -2.31. The second-order valence-electron chi connectivity index (χ2n) is 3.26. The first-order chi connectivity index (χ1) is 5.18. The zero-order valence-corrected chi connectivity index (χ0v) is 7.77. The summed E-state index contributed by atoms with van der Waals surface area (Å²) in [6.07, 6.45) is 4.60. The number of hydrogen-bond acceptors (Lipinski definition) is 2. The molecule has 0 spiro atoms. The van der Waals surface area contributed by atoms with Gasteiger partial charge >= 0.3 is 0 Å². The Morgan fingerprint density at radius 3 is 1.82 bits per heavy atom. The second kappa shape index (κ2) is 5.56. The van der Waals surface area contributed by atoms with E-state index in [9.17, 15) is 5.11 Å². The fraction of sp³-hybridized carbons (Fsp3) is 1.00. The van der Waals surface area contributed by atoms with Crippen LogP contribution in [0, 0.1) is 0 Å². The first-order valence-corrected chi connectivity index (χ1v) is 4.61. The molecule has 0 saturated carbocycles. The van der Waals surface area contributed by atoms with Gasteiger partial charge in [-0.15, -0.1) is 0 Å². The van der Waals surface area contributed by atoms with Crippen LogP contribution in [0.2, 0.25) is 0 Å². The summed E-state index contributed by atoms with van der Waals surface area (Å²) in [6, 6.07) is 0. The van der Waals surface area contributed by atoms with Gasteiger partial charge in [0.1, 0.15) is 0 Å². The molecule has 3 N–H and O–H groups in total. The van der Waals surface area contributed by atoms with Crippen molar-refractivity contribution < 1.29 is 5.11 Å². The fourth-order valence-corrected chi connectivity index (χ4v) is 1.57. The van der Waals surface area contributed by atoms with Gasteiger partial charge in [0, 0.05) is 0 Å². The monoisotopic (exact) mass is 159 g/mol. The molecule has 0 radical (unpaired) electrons. The Bertz CT molecular complexity index is 76.5. The molecule has 0 atom stereocenters. The standard InChI is InChI=1S/C9H21NO/c1-3-5-9(11,6-4-2)7-8-10/h11H,3-8,10H2,1-2H3. The maximum atomic E-state index is 9.93. The molecular formula is C9H21NO. The van der Waals surface area contributed by atoms with Crippen LogP contribution in [0.15, 0.2) is 0 Å². The molecule has 0 unspecified atom stereocenters. The quantitative estimate of drug-likeness (QED) is 0.619. The van der Waals surface area contributed by atoms with Crippen molar-refractivity contribution in [1.82, 2.24) is 0 Å². The third-order valence-electron chi connectivity index (χ3n) is 2.04. The molecule has 0 aliphatic heterocycles. The first kappa shape index (κ1) is 10.9. The van der Waals surface area contributed by atoms with Gasteiger partial charge in [-0.1, -0.05) is 26.7 Å². The fourth-order valence-electron chi connectivity index (χ4n) is 1.57. The van der Waals surface area contributed by atoms with Crippen LogP contribution in [-0.2, 0) is 0 Å². The molecule has 0 bridgehead atoms. The highest BCUT2D eigenvalue weighted by Gasteiger charge is 2.22. The van der Waals surface area contributed by atoms with Crippen molar-refractivity contribution in [2.75, 3.05) is 6.54 Å². The van der Waals surface area contributed by atoms with Crippen molar-refractivity contribution in [3.05, 3.63) is 0 Å².